The summed E-state index contributed by atoms with van der Waals surface area (Å²) in [5.41, 5.74) is 0.334. The summed E-state index contributed by atoms with van der Waals surface area (Å²) in [7, 11) is 0. The van der Waals surface area contributed by atoms with E-state index in [2.05, 4.69) is 22.2 Å². The van der Waals surface area contributed by atoms with Crippen LogP contribution in [0.4, 0.5) is 8.78 Å². The second-order valence-corrected chi connectivity index (χ2v) is 5.14. The molecular weight excluding hydrogens is 312 g/mol. The van der Waals surface area contributed by atoms with E-state index >= 15 is 0 Å². The topological polar surface area (TPSA) is 49.6 Å². The molecule has 0 aliphatic carbocycles. The fraction of sp³-hybridized carbons (Fsp3) is 0.278. The van der Waals surface area contributed by atoms with E-state index in [0.29, 0.717) is 44.0 Å². The first-order valence-electron chi connectivity index (χ1n) is 7.78. The second kappa shape index (κ2) is 9.50. The highest BCUT2D eigenvalue weighted by Crippen LogP contribution is 2.09. The lowest BCUT2D eigenvalue weighted by Crippen LogP contribution is -2.38. The van der Waals surface area contributed by atoms with Crippen LogP contribution >= 0.6 is 0 Å². The van der Waals surface area contributed by atoms with Crippen molar-refractivity contribution in [2.45, 2.75) is 12.8 Å². The summed E-state index contributed by atoms with van der Waals surface area (Å²) in [6, 6.07) is 7.19. The van der Waals surface area contributed by atoms with Crippen molar-refractivity contribution in [1.29, 1.82) is 0 Å². The maximum Gasteiger partial charge on any atom is 0.191 e. The minimum atomic E-state index is -0.441. The third-order valence-electron chi connectivity index (χ3n) is 3.32. The Balaban J connectivity index is 1.85. The van der Waals surface area contributed by atoms with Gasteiger partial charge in [0.05, 0.1) is 6.26 Å². The van der Waals surface area contributed by atoms with Crippen molar-refractivity contribution in [3.05, 3.63) is 72.2 Å². The summed E-state index contributed by atoms with van der Waals surface area (Å²) in [5, 5.41) is 6.19. The molecule has 0 fully saturated rings. The van der Waals surface area contributed by atoms with Crippen LogP contribution in [0.5, 0.6) is 0 Å². The summed E-state index contributed by atoms with van der Waals surface area (Å²) >= 11 is 0. The zero-order valence-electron chi connectivity index (χ0n) is 13.4. The molecule has 0 aliphatic rings. The molecule has 0 saturated carbocycles. The van der Waals surface area contributed by atoms with E-state index in [1.807, 2.05) is 12.1 Å². The molecule has 128 valence electrons. The summed E-state index contributed by atoms with van der Waals surface area (Å²) < 4.78 is 32.0. The monoisotopic (exact) mass is 333 g/mol. The molecule has 0 aliphatic heterocycles. The molecule has 24 heavy (non-hydrogen) atoms. The average Bonchev–Trinajstić information content (AvgIpc) is 3.08. The maximum atomic E-state index is 13.6. The van der Waals surface area contributed by atoms with Crippen LogP contribution in [0.15, 0.2) is 58.7 Å². The molecule has 2 N–H and O–H groups in total. The zero-order valence-corrected chi connectivity index (χ0v) is 13.4. The van der Waals surface area contributed by atoms with Crippen LogP contribution in [0.25, 0.3) is 0 Å². The minimum absolute atomic E-state index is 0.334. The molecule has 2 aromatic rings. The number of aliphatic imine (C=N–C) groups is 1. The predicted molar refractivity (Wildman–Crippen MR) is 91.0 cm³/mol. The zero-order chi connectivity index (χ0) is 17.2. The van der Waals surface area contributed by atoms with Gasteiger partial charge in [-0.15, -0.1) is 6.58 Å². The van der Waals surface area contributed by atoms with Gasteiger partial charge in [0, 0.05) is 26.1 Å². The lowest BCUT2D eigenvalue weighted by atomic mass is 10.1. The Bertz CT molecular complexity index is 669. The van der Waals surface area contributed by atoms with Gasteiger partial charge in [0.15, 0.2) is 5.96 Å². The molecule has 1 aromatic carbocycles. The van der Waals surface area contributed by atoms with E-state index < -0.39 is 11.6 Å². The van der Waals surface area contributed by atoms with Crippen molar-refractivity contribution in [1.82, 2.24) is 10.6 Å². The van der Waals surface area contributed by atoms with Crippen LogP contribution in [0.3, 0.4) is 0 Å². The Hall–Kier alpha value is -2.63. The molecule has 0 radical (unpaired) electrons. The van der Waals surface area contributed by atoms with Gasteiger partial charge in [0.25, 0.3) is 0 Å². The molecule has 0 saturated heterocycles. The number of halogens is 2. The van der Waals surface area contributed by atoms with E-state index in [-0.39, 0.29) is 0 Å². The van der Waals surface area contributed by atoms with E-state index in [0.717, 1.165) is 17.9 Å². The molecule has 0 bridgehead atoms. The number of guanidine groups is 1. The van der Waals surface area contributed by atoms with Gasteiger partial charge in [-0.1, -0.05) is 6.08 Å². The molecule has 0 amide bonds. The molecule has 0 spiro atoms. The molecule has 4 nitrogen and oxygen atoms in total. The van der Waals surface area contributed by atoms with Crippen LogP contribution in [0, 0.1) is 11.6 Å². The number of nitrogens with zero attached hydrogens (tertiary/aromatic N) is 1. The van der Waals surface area contributed by atoms with Gasteiger partial charge in [-0.05, 0) is 42.3 Å². The first kappa shape index (κ1) is 17.7. The SMILES string of the molecule is C=CCNC(=NCCc1ccco1)NCCc1cc(F)ccc1F. The first-order valence-corrected chi connectivity index (χ1v) is 7.78. The smallest absolute Gasteiger partial charge is 0.191 e. The molecule has 2 rings (SSSR count). The molecule has 0 atom stereocenters. The van der Waals surface area contributed by atoms with Crippen molar-refractivity contribution in [3.8, 4) is 0 Å². The fourth-order valence-corrected chi connectivity index (χ4v) is 2.13. The van der Waals surface area contributed by atoms with Gasteiger partial charge in [-0.25, -0.2) is 8.78 Å². The summed E-state index contributed by atoms with van der Waals surface area (Å²) in [4.78, 5) is 4.43. The van der Waals surface area contributed by atoms with Crippen LogP contribution in [0.2, 0.25) is 0 Å². The molecular formula is C18H21F2N3O. The Morgan fingerprint density at radius 1 is 1.21 bits per heavy atom. The van der Waals surface area contributed by atoms with E-state index in [1.165, 1.54) is 6.07 Å². The summed E-state index contributed by atoms with van der Waals surface area (Å²) in [5.74, 6) is 0.610. The van der Waals surface area contributed by atoms with Gasteiger partial charge in [0.1, 0.15) is 17.4 Å². The van der Waals surface area contributed by atoms with Crippen molar-refractivity contribution in [3.63, 3.8) is 0 Å². The normalized spacial score (nSPS) is 11.3. The van der Waals surface area contributed by atoms with Crippen LogP contribution < -0.4 is 10.6 Å². The number of furan rings is 1. The molecule has 1 aromatic heterocycles. The third-order valence-corrected chi connectivity index (χ3v) is 3.32. The van der Waals surface area contributed by atoms with E-state index in [4.69, 9.17) is 4.42 Å². The van der Waals surface area contributed by atoms with Gasteiger partial charge in [-0.2, -0.15) is 0 Å². The van der Waals surface area contributed by atoms with Crippen molar-refractivity contribution < 1.29 is 13.2 Å². The van der Waals surface area contributed by atoms with Crippen molar-refractivity contribution in [2.75, 3.05) is 19.6 Å². The largest absolute Gasteiger partial charge is 0.469 e. The number of benzene rings is 1. The van der Waals surface area contributed by atoms with Crippen molar-refractivity contribution in [2.24, 2.45) is 4.99 Å². The van der Waals surface area contributed by atoms with Gasteiger partial charge >= 0.3 is 0 Å². The molecule has 6 heteroatoms. The molecule has 0 unspecified atom stereocenters. The van der Waals surface area contributed by atoms with Crippen LogP contribution in [0.1, 0.15) is 11.3 Å². The lowest BCUT2D eigenvalue weighted by Gasteiger charge is -2.11. The van der Waals surface area contributed by atoms with Gasteiger partial charge in [0.2, 0.25) is 0 Å². The Morgan fingerprint density at radius 2 is 2.08 bits per heavy atom. The van der Waals surface area contributed by atoms with E-state index in [1.54, 1.807) is 12.3 Å². The summed E-state index contributed by atoms with van der Waals surface area (Å²) in [6.07, 6.45) is 4.39. The minimum Gasteiger partial charge on any atom is -0.469 e. The third kappa shape index (κ3) is 5.87. The quantitative estimate of drug-likeness (QED) is 0.443. The highest BCUT2D eigenvalue weighted by atomic mass is 19.1. The first-order chi connectivity index (χ1) is 11.7. The maximum absolute atomic E-state index is 13.6. The standard InChI is InChI=1S/C18H21F2N3O/c1-2-9-21-18(23-11-8-16-4-3-12-24-16)22-10-7-14-13-15(19)5-6-17(14)20/h2-6,12-13H,1,7-11H2,(H2,21,22,23). The highest BCUT2D eigenvalue weighted by Gasteiger charge is 2.04. The highest BCUT2D eigenvalue weighted by molar-refractivity contribution is 5.79. The number of rotatable bonds is 8. The average molecular weight is 333 g/mol. The van der Waals surface area contributed by atoms with Crippen LogP contribution in [-0.4, -0.2) is 25.6 Å². The predicted octanol–water partition coefficient (Wildman–Crippen LogP) is 3.06. The lowest BCUT2D eigenvalue weighted by molar-refractivity contribution is 0.510. The Kier molecular flexibility index (Phi) is 7.01. The number of hydrogen-bond donors (Lipinski definition) is 2. The molecule has 1 heterocycles. The second-order valence-electron chi connectivity index (χ2n) is 5.14. The number of hydrogen-bond acceptors (Lipinski definition) is 2. The Morgan fingerprint density at radius 3 is 2.83 bits per heavy atom. The van der Waals surface area contributed by atoms with Gasteiger partial charge in [-0.3, -0.25) is 4.99 Å². The fourth-order valence-electron chi connectivity index (χ4n) is 2.13. The van der Waals surface area contributed by atoms with Crippen molar-refractivity contribution >= 4 is 5.96 Å². The van der Waals surface area contributed by atoms with E-state index in [9.17, 15) is 8.78 Å². The van der Waals surface area contributed by atoms with Gasteiger partial charge < -0.3 is 15.1 Å². The Labute approximate surface area is 140 Å². The number of nitrogens with one attached hydrogen (secondary N) is 2. The van der Waals surface area contributed by atoms with Crippen LogP contribution in [-0.2, 0) is 12.8 Å². The summed E-state index contributed by atoms with van der Waals surface area (Å²) in [6.45, 7) is 5.19.